The predicted molar refractivity (Wildman–Crippen MR) is 84.0 cm³/mol. The van der Waals surface area contributed by atoms with Crippen LogP contribution in [0.15, 0.2) is 18.6 Å². The number of hydrogen-bond donors (Lipinski definition) is 1. The Hall–Kier alpha value is -1.99. The van der Waals surface area contributed by atoms with Crippen LogP contribution in [0.2, 0.25) is 0 Å². The van der Waals surface area contributed by atoms with Gasteiger partial charge in [-0.25, -0.2) is 18.6 Å². The van der Waals surface area contributed by atoms with E-state index in [4.69, 9.17) is 0 Å². The molecule has 2 amide bonds. The van der Waals surface area contributed by atoms with E-state index >= 15 is 0 Å². The summed E-state index contributed by atoms with van der Waals surface area (Å²) in [7, 11) is 0. The summed E-state index contributed by atoms with van der Waals surface area (Å²) in [5.74, 6) is -2.16. The van der Waals surface area contributed by atoms with Crippen LogP contribution in [0, 0.1) is 5.41 Å². The van der Waals surface area contributed by atoms with Gasteiger partial charge in [-0.3, -0.25) is 4.98 Å². The zero-order valence-corrected chi connectivity index (χ0v) is 13.4. The molecule has 1 atom stereocenters. The van der Waals surface area contributed by atoms with E-state index in [1.54, 1.807) is 23.5 Å². The minimum absolute atomic E-state index is 0.0926. The molecule has 24 heavy (non-hydrogen) atoms. The van der Waals surface area contributed by atoms with Gasteiger partial charge in [0.1, 0.15) is 5.82 Å². The molecule has 2 saturated heterocycles. The lowest BCUT2D eigenvalue weighted by Gasteiger charge is -2.45. The van der Waals surface area contributed by atoms with Crippen molar-refractivity contribution in [2.45, 2.75) is 37.6 Å². The SMILES string of the molecule is O=C(NC1CC1)N1CCC(F)(F)[C@]2(CCN(c3cnccn3)C2)C1. The molecular weight excluding hydrogens is 316 g/mol. The Bertz CT molecular complexity index is 624. The van der Waals surface area contributed by atoms with Gasteiger partial charge in [-0.15, -0.1) is 0 Å². The molecule has 2 aliphatic heterocycles. The summed E-state index contributed by atoms with van der Waals surface area (Å²) < 4.78 is 29.5. The quantitative estimate of drug-likeness (QED) is 0.895. The molecule has 0 bridgehead atoms. The number of rotatable bonds is 2. The number of amides is 2. The van der Waals surface area contributed by atoms with Gasteiger partial charge in [-0.2, -0.15) is 0 Å². The van der Waals surface area contributed by atoms with E-state index in [-0.39, 0.29) is 38.1 Å². The summed E-state index contributed by atoms with van der Waals surface area (Å²) in [5.41, 5.74) is -1.20. The van der Waals surface area contributed by atoms with Gasteiger partial charge in [0, 0.05) is 51.0 Å². The van der Waals surface area contributed by atoms with Crippen LogP contribution < -0.4 is 10.2 Å². The van der Waals surface area contributed by atoms with Gasteiger partial charge in [-0.1, -0.05) is 0 Å². The monoisotopic (exact) mass is 337 g/mol. The molecular formula is C16H21F2N5O. The van der Waals surface area contributed by atoms with E-state index < -0.39 is 11.3 Å². The van der Waals surface area contributed by atoms with E-state index in [2.05, 4.69) is 15.3 Å². The molecule has 1 aromatic rings. The van der Waals surface area contributed by atoms with Crippen molar-refractivity contribution in [3.8, 4) is 0 Å². The second-order valence-electron chi connectivity index (χ2n) is 7.12. The summed E-state index contributed by atoms with van der Waals surface area (Å²) in [6, 6.07) is 0.0286. The van der Waals surface area contributed by atoms with Crippen molar-refractivity contribution in [3.63, 3.8) is 0 Å². The fourth-order valence-corrected chi connectivity index (χ4v) is 3.72. The Morgan fingerprint density at radius 1 is 1.21 bits per heavy atom. The highest BCUT2D eigenvalue weighted by Gasteiger charge is 2.60. The summed E-state index contributed by atoms with van der Waals surface area (Å²) >= 11 is 0. The van der Waals surface area contributed by atoms with Crippen LogP contribution in [0.25, 0.3) is 0 Å². The summed E-state index contributed by atoms with van der Waals surface area (Å²) in [4.78, 5) is 23.9. The van der Waals surface area contributed by atoms with E-state index in [0.29, 0.717) is 18.8 Å². The van der Waals surface area contributed by atoms with Gasteiger partial charge < -0.3 is 15.1 Å². The molecule has 1 spiro atoms. The number of anilines is 1. The molecule has 130 valence electrons. The van der Waals surface area contributed by atoms with Crippen molar-refractivity contribution in [3.05, 3.63) is 18.6 Å². The average Bonchev–Trinajstić information content (AvgIpc) is 3.28. The second kappa shape index (κ2) is 5.53. The Labute approximate surface area is 139 Å². The van der Waals surface area contributed by atoms with E-state index in [9.17, 15) is 13.6 Å². The second-order valence-corrected chi connectivity index (χ2v) is 7.12. The first kappa shape index (κ1) is 15.5. The van der Waals surface area contributed by atoms with Crippen LogP contribution in [-0.2, 0) is 0 Å². The predicted octanol–water partition coefficient (Wildman–Crippen LogP) is 1.89. The minimum atomic E-state index is -2.78. The lowest BCUT2D eigenvalue weighted by molar-refractivity contribution is -0.149. The fourth-order valence-electron chi connectivity index (χ4n) is 3.72. The molecule has 3 aliphatic rings. The number of likely N-dealkylation sites (tertiary alicyclic amines) is 1. The molecule has 4 rings (SSSR count). The first-order valence-corrected chi connectivity index (χ1v) is 8.43. The fraction of sp³-hybridized carbons (Fsp3) is 0.688. The maximum absolute atomic E-state index is 14.7. The zero-order valence-electron chi connectivity index (χ0n) is 13.4. The number of piperidine rings is 1. The third-order valence-electron chi connectivity index (χ3n) is 5.38. The molecule has 3 fully saturated rings. The van der Waals surface area contributed by atoms with Crippen LogP contribution in [0.3, 0.4) is 0 Å². The van der Waals surface area contributed by atoms with Gasteiger partial charge in [-0.05, 0) is 19.3 Å². The number of hydrogen-bond acceptors (Lipinski definition) is 4. The highest BCUT2D eigenvalue weighted by Crippen LogP contribution is 2.50. The third kappa shape index (κ3) is 2.67. The normalized spacial score (nSPS) is 29.1. The lowest BCUT2D eigenvalue weighted by atomic mass is 9.75. The maximum Gasteiger partial charge on any atom is 0.317 e. The molecule has 1 N–H and O–H groups in total. The number of nitrogens with one attached hydrogen (secondary N) is 1. The number of aromatic nitrogens is 2. The van der Waals surface area contributed by atoms with Gasteiger partial charge in [0.05, 0.1) is 11.6 Å². The first-order valence-electron chi connectivity index (χ1n) is 8.43. The van der Waals surface area contributed by atoms with Gasteiger partial charge >= 0.3 is 6.03 Å². The third-order valence-corrected chi connectivity index (χ3v) is 5.38. The van der Waals surface area contributed by atoms with Crippen molar-refractivity contribution in [2.75, 3.05) is 31.1 Å². The lowest BCUT2D eigenvalue weighted by Crippen LogP contribution is -2.59. The molecule has 0 unspecified atom stereocenters. The van der Waals surface area contributed by atoms with Gasteiger partial charge in [0.25, 0.3) is 5.92 Å². The summed E-state index contributed by atoms with van der Waals surface area (Å²) in [5, 5.41) is 2.91. The van der Waals surface area contributed by atoms with E-state index in [1.807, 2.05) is 4.90 Å². The van der Waals surface area contributed by atoms with Crippen LogP contribution in [0.1, 0.15) is 25.7 Å². The molecule has 6 nitrogen and oxygen atoms in total. The van der Waals surface area contributed by atoms with Crippen LogP contribution in [-0.4, -0.2) is 59.0 Å². The number of halogens is 2. The molecule has 3 heterocycles. The molecule has 1 aliphatic carbocycles. The molecule has 1 saturated carbocycles. The van der Waals surface area contributed by atoms with Crippen molar-refractivity contribution in [1.82, 2.24) is 20.2 Å². The number of urea groups is 1. The van der Waals surface area contributed by atoms with Crippen molar-refractivity contribution in [1.29, 1.82) is 0 Å². The van der Waals surface area contributed by atoms with Crippen molar-refractivity contribution in [2.24, 2.45) is 5.41 Å². The highest BCUT2D eigenvalue weighted by molar-refractivity contribution is 5.75. The van der Waals surface area contributed by atoms with Crippen molar-refractivity contribution < 1.29 is 13.6 Å². The molecule has 0 radical (unpaired) electrons. The first-order chi connectivity index (χ1) is 11.5. The standard InChI is InChI=1S/C16H21F2N5O/c17-16(18)4-8-23(14(24)21-12-1-2-12)11-15(16)3-7-22(10-15)13-9-19-5-6-20-13/h5-6,9,12H,1-4,7-8,10-11H2,(H,21,24)/t15-/m0/s1. The minimum Gasteiger partial charge on any atom is -0.354 e. The Balaban J connectivity index is 1.51. The topological polar surface area (TPSA) is 61.4 Å². The molecule has 1 aromatic heterocycles. The Kier molecular flexibility index (Phi) is 3.58. The van der Waals surface area contributed by atoms with E-state index in [0.717, 1.165) is 12.8 Å². The van der Waals surface area contributed by atoms with E-state index in [1.165, 1.54) is 0 Å². The smallest absolute Gasteiger partial charge is 0.317 e. The highest BCUT2D eigenvalue weighted by atomic mass is 19.3. The largest absolute Gasteiger partial charge is 0.354 e. The van der Waals surface area contributed by atoms with Crippen LogP contribution in [0.5, 0.6) is 0 Å². The molecule has 0 aromatic carbocycles. The van der Waals surface area contributed by atoms with Crippen molar-refractivity contribution >= 4 is 11.8 Å². The number of carbonyl (C=O) groups is 1. The average molecular weight is 337 g/mol. The Morgan fingerprint density at radius 2 is 2.04 bits per heavy atom. The number of nitrogens with zero attached hydrogens (tertiary/aromatic N) is 4. The summed E-state index contributed by atoms with van der Waals surface area (Å²) in [6.45, 7) is 0.909. The summed E-state index contributed by atoms with van der Waals surface area (Å²) in [6.07, 6.45) is 6.77. The molecule has 8 heteroatoms. The zero-order chi connectivity index (χ0) is 16.8. The number of alkyl halides is 2. The Morgan fingerprint density at radius 3 is 2.75 bits per heavy atom. The van der Waals surface area contributed by atoms with Crippen LogP contribution >= 0.6 is 0 Å². The number of carbonyl (C=O) groups excluding carboxylic acids is 1. The van der Waals surface area contributed by atoms with Gasteiger partial charge in [0.15, 0.2) is 0 Å². The van der Waals surface area contributed by atoms with Crippen LogP contribution in [0.4, 0.5) is 19.4 Å². The maximum atomic E-state index is 14.7. The van der Waals surface area contributed by atoms with Gasteiger partial charge in [0.2, 0.25) is 0 Å².